The van der Waals surface area contributed by atoms with Gasteiger partial charge in [-0.25, -0.2) is 0 Å². The van der Waals surface area contributed by atoms with Gasteiger partial charge in [-0.05, 0) is 32.1 Å². The molecule has 1 saturated heterocycles. The molecule has 6 heteroatoms. The second-order valence-electron chi connectivity index (χ2n) is 5.97. The maximum Gasteiger partial charge on any atom is 0.137 e. The molecule has 0 amide bonds. The molecule has 0 aromatic heterocycles. The van der Waals surface area contributed by atoms with E-state index in [9.17, 15) is 0 Å². The van der Waals surface area contributed by atoms with Crippen molar-refractivity contribution in [1.29, 1.82) is 0 Å². The van der Waals surface area contributed by atoms with Gasteiger partial charge in [0.25, 0.3) is 0 Å². The van der Waals surface area contributed by atoms with Gasteiger partial charge in [-0.3, -0.25) is 4.90 Å². The fourth-order valence-electron chi connectivity index (χ4n) is 2.89. The smallest absolute Gasteiger partial charge is 0.137 e. The third-order valence-electron chi connectivity index (χ3n) is 4.19. The topological polar surface area (TPSA) is 28.2 Å². The summed E-state index contributed by atoms with van der Waals surface area (Å²) in [6, 6.07) is 0. The molecular formula is C16H35N3O2Si. The Labute approximate surface area is 139 Å². The van der Waals surface area contributed by atoms with Crippen LogP contribution in [-0.2, 0) is 9.47 Å². The monoisotopic (exact) mass is 329 g/mol. The molecule has 0 N–H and O–H groups in total. The van der Waals surface area contributed by atoms with Crippen molar-refractivity contribution in [1.82, 2.24) is 14.7 Å². The van der Waals surface area contributed by atoms with E-state index in [1.54, 1.807) is 14.2 Å². The quantitative estimate of drug-likeness (QED) is 0.393. The highest BCUT2D eigenvalue weighted by atomic mass is 28.2. The minimum Gasteiger partial charge on any atom is -0.360 e. The van der Waals surface area contributed by atoms with E-state index >= 15 is 0 Å². The average Bonchev–Trinajstić information content (AvgIpc) is 2.55. The number of hydrogen-bond donors (Lipinski definition) is 0. The Hall–Kier alpha value is 0.0169. The first-order chi connectivity index (χ1) is 10.7. The molecule has 0 saturated carbocycles. The predicted molar refractivity (Wildman–Crippen MR) is 93.5 cm³/mol. The van der Waals surface area contributed by atoms with Crippen molar-refractivity contribution >= 4 is 9.52 Å². The van der Waals surface area contributed by atoms with Crippen LogP contribution >= 0.6 is 0 Å². The Morgan fingerprint density at radius 3 is 1.95 bits per heavy atom. The van der Waals surface area contributed by atoms with E-state index in [0.717, 1.165) is 6.17 Å². The molecule has 2 radical (unpaired) electrons. The molecule has 0 unspecified atom stereocenters. The number of rotatable bonds is 12. The van der Waals surface area contributed by atoms with Crippen LogP contribution in [0.4, 0.5) is 0 Å². The minimum atomic E-state index is -0.0327. The minimum absolute atomic E-state index is 0.0327. The highest BCUT2D eigenvalue weighted by Crippen LogP contribution is 2.03. The van der Waals surface area contributed by atoms with E-state index in [1.807, 2.05) is 0 Å². The first-order valence-corrected chi connectivity index (χ1v) is 9.97. The maximum atomic E-state index is 5.27. The average molecular weight is 330 g/mol. The van der Waals surface area contributed by atoms with Gasteiger partial charge >= 0.3 is 0 Å². The highest BCUT2D eigenvalue weighted by Gasteiger charge is 2.18. The van der Waals surface area contributed by atoms with Crippen molar-refractivity contribution in [3.05, 3.63) is 0 Å². The molecule has 1 rings (SSSR count). The molecule has 130 valence electrons. The Kier molecular flexibility index (Phi) is 11.3. The molecule has 0 bridgehead atoms. The normalized spacial score (nSPS) is 17.7. The molecular weight excluding hydrogens is 294 g/mol. The molecule has 0 spiro atoms. The number of methoxy groups -OCH3 is 2. The van der Waals surface area contributed by atoms with Gasteiger partial charge in [0.15, 0.2) is 0 Å². The van der Waals surface area contributed by atoms with E-state index < -0.39 is 0 Å². The van der Waals surface area contributed by atoms with Gasteiger partial charge in [0.2, 0.25) is 0 Å². The molecule has 5 nitrogen and oxygen atoms in total. The lowest BCUT2D eigenvalue weighted by Crippen LogP contribution is -2.50. The Bertz CT molecular complexity index is 254. The van der Waals surface area contributed by atoms with Crippen LogP contribution < -0.4 is 0 Å². The van der Waals surface area contributed by atoms with Crippen LogP contribution in [0.3, 0.4) is 0 Å². The summed E-state index contributed by atoms with van der Waals surface area (Å²) in [4.78, 5) is 7.76. The summed E-state index contributed by atoms with van der Waals surface area (Å²) in [6.45, 7) is 14.2. The van der Waals surface area contributed by atoms with Crippen LogP contribution in [-0.4, -0.2) is 103 Å². The lowest BCUT2D eigenvalue weighted by atomic mass is 10.3. The predicted octanol–water partition coefficient (Wildman–Crippen LogP) is 0.964. The third kappa shape index (κ3) is 8.03. The Morgan fingerprint density at radius 2 is 1.45 bits per heavy atom. The Balaban J connectivity index is 2.16. The molecule has 0 atom stereocenters. The van der Waals surface area contributed by atoms with Crippen molar-refractivity contribution in [3.63, 3.8) is 0 Å². The zero-order chi connectivity index (χ0) is 16.2. The molecule has 1 aliphatic heterocycles. The maximum absolute atomic E-state index is 5.27. The molecule has 0 aromatic rings. The fraction of sp³-hybridized carbons (Fsp3) is 1.00. The lowest BCUT2D eigenvalue weighted by molar-refractivity contribution is -0.0451. The standard InChI is InChI=1S/C16H35N3O2Si/c1-5-7-17(8-6-2)9-10-18-11-13-19(14-12-18)15-22-16(20-3)21-4/h16H,5-15H2,1-4H3. The van der Waals surface area contributed by atoms with Crippen molar-refractivity contribution in [2.45, 2.75) is 32.6 Å². The van der Waals surface area contributed by atoms with Gasteiger partial charge in [0.05, 0.1) is 0 Å². The summed E-state index contributed by atoms with van der Waals surface area (Å²) < 4.78 is 10.5. The molecule has 1 aliphatic rings. The molecule has 1 fully saturated rings. The molecule has 22 heavy (non-hydrogen) atoms. The van der Waals surface area contributed by atoms with Gasteiger partial charge in [0.1, 0.15) is 15.4 Å². The van der Waals surface area contributed by atoms with Crippen molar-refractivity contribution in [2.24, 2.45) is 0 Å². The number of hydrogen-bond acceptors (Lipinski definition) is 5. The van der Waals surface area contributed by atoms with Crippen LogP contribution in [0.2, 0.25) is 0 Å². The summed E-state index contributed by atoms with van der Waals surface area (Å²) in [7, 11) is 4.14. The first-order valence-electron chi connectivity index (χ1n) is 8.69. The first kappa shape index (κ1) is 20.1. The zero-order valence-electron chi connectivity index (χ0n) is 15.0. The third-order valence-corrected chi connectivity index (χ3v) is 5.62. The van der Waals surface area contributed by atoms with Crippen LogP contribution in [0.15, 0.2) is 0 Å². The largest absolute Gasteiger partial charge is 0.360 e. The van der Waals surface area contributed by atoms with Gasteiger partial charge < -0.3 is 19.3 Å². The molecule has 0 aromatic carbocycles. The number of nitrogens with zero attached hydrogens (tertiary/aromatic N) is 3. The second kappa shape index (κ2) is 12.4. The fourth-order valence-corrected chi connectivity index (χ4v) is 3.95. The lowest BCUT2D eigenvalue weighted by Gasteiger charge is -2.36. The SMILES string of the molecule is CCCN(CCC)CCN1CCN(C[Si]C(OC)OC)CC1. The number of piperazine rings is 1. The highest BCUT2D eigenvalue weighted by molar-refractivity contribution is 6.36. The van der Waals surface area contributed by atoms with E-state index in [2.05, 4.69) is 28.5 Å². The van der Waals surface area contributed by atoms with Crippen LogP contribution in [0.1, 0.15) is 26.7 Å². The van der Waals surface area contributed by atoms with Crippen molar-refractivity contribution in [2.75, 3.05) is 72.7 Å². The second-order valence-corrected chi connectivity index (χ2v) is 7.16. The van der Waals surface area contributed by atoms with Crippen LogP contribution in [0.5, 0.6) is 0 Å². The van der Waals surface area contributed by atoms with Gasteiger partial charge in [-0.15, -0.1) is 0 Å². The van der Waals surface area contributed by atoms with E-state index in [-0.39, 0.29) is 5.91 Å². The van der Waals surface area contributed by atoms with Gasteiger partial charge in [-0.1, -0.05) is 13.8 Å². The van der Waals surface area contributed by atoms with E-state index in [1.165, 1.54) is 65.2 Å². The zero-order valence-corrected chi connectivity index (χ0v) is 16.0. The van der Waals surface area contributed by atoms with Gasteiger partial charge in [-0.2, -0.15) is 0 Å². The summed E-state index contributed by atoms with van der Waals surface area (Å²) in [5, 5.41) is 0. The summed E-state index contributed by atoms with van der Waals surface area (Å²) in [5.41, 5.74) is 0. The van der Waals surface area contributed by atoms with Crippen molar-refractivity contribution < 1.29 is 9.47 Å². The summed E-state index contributed by atoms with van der Waals surface area (Å²) >= 11 is 0. The molecule has 1 heterocycles. The summed E-state index contributed by atoms with van der Waals surface area (Å²) in [5.74, 6) is -0.0327. The molecule has 0 aliphatic carbocycles. The Morgan fingerprint density at radius 1 is 0.909 bits per heavy atom. The van der Waals surface area contributed by atoms with E-state index in [0.29, 0.717) is 9.52 Å². The summed E-state index contributed by atoms with van der Waals surface area (Å²) in [6.07, 6.45) is 3.61. The van der Waals surface area contributed by atoms with Crippen molar-refractivity contribution in [3.8, 4) is 0 Å². The van der Waals surface area contributed by atoms with Gasteiger partial charge in [0, 0.05) is 53.5 Å². The van der Waals surface area contributed by atoms with Crippen LogP contribution in [0.25, 0.3) is 0 Å². The number of ether oxygens (including phenoxy) is 2. The van der Waals surface area contributed by atoms with E-state index in [4.69, 9.17) is 9.47 Å². The van der Waals surface area contributed by atoms with Crippen LogP contribution in [0, 0.1) is 0 Å².